The van der Waals surface area contributed by atoms with E-state index < -0.39 is 0 Å². The Balaban J connectivity index is 0.00000220. The molecule has 0 saturated carbocycles. The number of hydrogen-bond acceptors (Lipinski definition) is 2. The second-order valence-corrected chi connectivity index (χ2v) is 5.50. The molecule has 0 radical (unpaired) electrons. The van der Waals surface area contributed by atoms with E-state index in [1.807, 2.05) is 66.3 Å². The molecule has 2 aromatic rings. The Labute approximate surface area is 139 Å². The second kappa shape index (κ2) is 7.96. The maximum absolute atomic E-state index is 12.0. The molecule has 0 fully saturated rings. The number of pyridine rings is 1. The molecule has 0 aliphatic carbocycles. The first-order valence-corrected chi connectivity index (χ1v) is 7.02. The van der Waals surface area contributed by atoms with Crippen molar-refractivity contribution in [3.8, 4) is 0 Å². The fraction of sp³-hybridized carbons (Fsp3) is 0.125. The smallest absolute Gasteiger partial charge is 0.191 e. The van der Waals surface area contributed by atoms with Crippen LogP contribution in [0.3, 0.4) is 0 Å². The first-order chi connectivity index (χ1) is 9.56. The molecule has 3 nitrogen and oxygen atoms in total. The standard InChI is InChI=1S/C16H16BrN2O.ClH/c1-18(2)15-6-9-19(10-7-15)11-8-16(20)13-4-3-5-14(17)12-13;/h3-12H,1-2H3;1H/q+1;/p-1/b11-8+;. The average molecular weight is 368 g/mol. The third-order valence-electron chi connectivity index (χ3n) is 2.86. The Morgan fingerprint density at radius 3 is 2.43 bits per heavy atom. The van der Waals surface area contributed by atoms with Crippen molar-refractivity contribution in [2.75, 3.05) is 19.0 Å². The molecule has 0 unspecified atom stereocenters. The molecule has 2 rings (SSSR count). The van der Waals surface area contributed by atoms with Crippen molar-refractivity contribution in [3.05, 3.63) is 64.9 Å². The maximum Gasteiger partial charge on any atom is 0.191 e. The lowest BCUT2D eigenvalue weighted by Crippen LogP contribution is -3.00. The molecule has 0 saturated heterocycles. The van der Waals surface area contributed by atoms with Crippen molar-refractivity contribution in [2.45, 2.75) is 0 Å². The zero-order valence-corrected chi connectivity index (χ0v) is 14.2. The third kappa shape index (κ3) is 4.99. The van der Waals surface area contributed by atoms with Crippen molar-refractivity contribution in [2.24, 2.45) is 0 Å². The number of halogens is 2. The van der Waals surface area contributed by atoms with Crippen LogP contribution in [0.25, 0.3) is 6.20 Å². The van der Waals surface area contributed by atoms with Gasteiger partial charge in [-0.2, -0.15) is 4.57 Å². The lowest BCUT2D eigenvalue weighted by atomic mass is 10.1. The molecule has 5 heteroatoms. The van der Waals surface area contributed by atoms with E-state index in [1.54, 1.807) is 18.3 Å². The highest BCUT2D eigenvalue weighted by atomic mass is 79.9. The molecule has 1 aromatic heterocycles. The summed E-state index contributed by atoms with van der Waals surface area (Å²) < 4.78 is 2.75. The molecule has 0 bridgehead atoms. The highest BCUT2D eigenvalue weighted by molar-refractivity contribution is 9.10. The first-order valence-electron chi connectivity index (χ1n) is 6.22. The van der Waals surface area contributed by atoms with Crippen LogP contribution in [0.5, 0.6) is 0 Å². The second-order valence-electron chi connectivity index (χ2n) is 4.59. The number of ketones is 1. The predicted molar refractivity (Wildman–Crippen MR) is 84.8 cm³/mol. The fourth-order valence-corrected chi connectivity index (χ4v) is 2.12. The molecular weight excluding hydrogens is 352 g/mol. The van der Waals surface area contributed by atoms with Crippen LogP contribution in [0.4, 0.5) is 5.69 Å². The lowest BCUT2D eigenvalue weighted by Gasteiger charge is -2.09. The monoisotopic (exact) mass is 366 g/mol. The maximum atomic E-state index is 12.0. The topological polar surface area (TPSA) is 24.2 Å². The van der Waals surface area contributed by atoms with Crippen LogP contribution in [-0.4, -0.2) is 19.9 Å². The number of hydrogen-bond donors (Lipinski definition) is 0. The fourth-order valence-electron chi connectivity index (χ4n) is 1.72. The van der Waals surface area contributed by atoms with Gasteiger partial charge in [0.1, 0.15) is 0 Å². The Morgan fingerprint density at radius 1 is 1.19 bits per heavy atom. The van der Waals surface area contributed by atoms with Gasteiger partial charge in [0, 0.05) is 42.0 Å². The van der Waals surface area contributed by atoms with Crippen LogP contribution in [0, 0.1) is 0 Å². The summed E-state index contributed by atoms with van der Waals surface area (Å²) in [5, 5.41) is 0. The van der Waals surface area contributed by atoms with E-state index >= 15 is 0 Å². The van der Waals surface area contributed by atoms with Gasteiger partial charge < -0.3 is 17.3 Å². The molecule has 0 aliphatic heterocycles. The number of rotatable bonds is 4. The van der Waals surface area contributed by atoms with Gasteiger partial charge in [-0.1, -0.05) is 28.1 Å². The summed E-state index contributed by atoms with van der Waals surface area (Å²) >= 11 is 3.36. The van der Waals surface area contributed by atoms with Crippen LogP contribution in [0.1, 0.15) is 10.4 Å². The molecule has 0 spiro atoms. The van der Waals surface area contributed by atoms with Crippen molar-refractivity contribution >= 4 is 33.6 Å². The molecule has 21 heavy (non-hydrogen) atoms. The van der Waals surface area contributed by atoms with Gasteiger partial charge in [-0.25, -0.2) is 0 Å². The minimum Gasteiger partial charge on any atom is -1.00 e. The average Bonchev–Trinajstić information content (AvgIpc) is 2.45. The Hall–Kier alpha value is -1.65. The van der Waals surface area contributed by atoms with Gasteiger partial charge in [-0.15, -0.1) is 0 Å². The summed E-state index contributed by atoms with van der Waals surface area (Å²) in [6.45, 7) is 0. The van der Waals surface area contributed by atoms with Crippen LogP contribution >= 0.6 is 15.9 Å². The zero-order chi connectivity index (χ0) is 14.5. The molecule has 0 N–H and O–H groups in total. The van der Waals surface area contributed by atoms with Crippen LogP contribution < -0.4 is 21.9 Å². The zero-order valence-electron chi connectivity index (χ0n) is 11.8. The Morgan fingerprint density at radius 2 is 1.86 bits per heavy atom. The number of carbonyl (C=O) groups is 1. The highest BCUT2D eigenvalue weighted by Crippen LogP contribution is 2.12. The molecule has 110 valence electrons. The van der Waals surface area contributed by atoms with E-state index in [4.69, 9.17) is 0 Å². The summed E-state index contributed by atoms with van der Waals surface area (Å²) in [6.07, 6.45) is 7.15. The van der Waals surface area contributed by atoms with Crippen molar-refractivity contribution in [3.63, 3.8) is 0 Å². The minimum atomic E-state index is -0.0181. The van der Waals surface area contributed by atoms with Gasteiger partial charge >= 0.3 is 0 Å². The van der Waals surface area contributed by atoms with Crippen molar-refractivity contribution in [1.82, 2.24) is 0 Å². The number of aromatic nitrogens is 1. The van der Waals surface area contributed by atoms with E-state index in [0.29, 0.717) is 5.56 Å². The minimum absolute atomic E-state index is 0. The summed E-state index contributed by atoms with van der Waals surface area (Å²) in [6, 6.07) is 11.4. The number of carbonyl (C=O) groups excluding carboxylic acids is 1. The van der Waals surface area contributed by atoms with Gasteiger partial charge in [-0.05, 0) is 12.1 Å². The summed E-state index contributed by atoms with van der Waals surface area (Å²) in [5.41, 5.74) is 1.79. The Kier molecular flexibility index (Phi) is 6.59. The van der Waals surface area contributed by atoms with Gasteiger partial charge in [0.05, 0.1) is 6.08 Å². The number of benzene rings is 1. The van der Waals surface area contributed by atoms with E-state index in [9.17, 15) is 4.79 Å². The van der Waals surface area contributed by atoms with E-state index in [2.05, 4.69) is 15.9 Å². The van der Waals surface area contributed by atoms with Gasteiger partial charge in [-0.3, -0.25) is 4.79 Å². The van der Waals surface area contributed by atoms with Crippen LogP contribution in [0.2, 0.25) is 0 Å². The third-order valence-corrected chi connectivity index (χ3v) is 3.35. The van der Waals surface area contributed by atoms with E-state index in [-0.39, 0.29) is 18.2 Å². The molecule has 1 heterocycles. The Bertz CT molecular complexity index is 639. The number of anilines is 1. The normalized spacial score (nSPS) is 10.2. The van der Waals surface area contributed by atoms with Crippen LogP contribution in [0.15, 0.2) is 59.3 Å². The van der Waals surface area contributed by atoms with E-state index in [1.165, 1.54) is 0 Å². The molecular formula is C16H16BrClN2O. The number of allylic oxidation sites excluding steroid dienone is 1. The quantitative estimate of drug-likeness (QED) is 0.437. The van der Waals surface area contributed by atoms with Gasteiger partial charge in [0.15, 0.2) is 24.4 Å². The van der Waals surface area contributed by atoms with Crippen molar-refractivity contribution < 1.29 is 21.8 Å². The van der Waals surface area contributed by atoms with E-state index in [0.717, 1.165) is 10.2 Å². The molecule has 1 aromatic carbocycles. The summed E-state index contributed by atoms with van der Waals surface area (Å²) in [5.74, 6) is -0.0181. The SMILES string of the molecule is CN(C)c1cc[n+](/C=C/C(=O)c2cccc(Br)c2)cc1.[Cl-]. The number of nitrogens with zero attached hydrogens (tertiary/aromatic N) is 2. The van der Waals surface area contributed by atoms with Gasteiger partial charge in [0.25, 0.3) is 0 Å². The first kappa shape index (κ1) is 17.4. The van der Waals surface area contributed by atoms with Crippen molar-refractivity contribution in [1.29, 1.82) is 0 Å². The van der Waals surface area contributed by atoms with Crippen LogP contribution in [-0.2, 0) is 0 Å². The molecule has 0 atom stereocenters. The molecule has 0 amide bonds. The summed E-state index contributed by atoms with van der Waals surface area (Å²) in [4.78, 5) is 14.0. The molecule has 0 aliphatic rings. The highest BCUT2D eigenvalue weighted by Gasteiger charge is 2.04. The predicted octanol–water partition coefficient (Wildman–Crippen LogP) is 0.160. The summed E-state index contributed by atoms with van der Waals surface area (Å²) in [7, 11) is 3.98. The largest absolute Gasteiger partial charge is 1.00 e. The lowest BCUT2D eigenvalue weighted by molar-refractivity contribution is -0.568. The van der Waals surface area contributed by atoms with Gasteiger partial charge in [0.2, 0.25) is 0 Å².